The van der Waals surface area contributed by atoms with E-state index in [1.165, 1.54) is 23.9 Å². The average molecular weight is 408 g/mol. The molecule has 1 aliphatic heterocycles. The van der Waals surface area contributed by atoms with Crippen molar-refractivity contribution in [1.29, 1.82) is 0 Å². The first-order valence-electron chi connectivity index (χ1n) is 8.26. The summed E-state index contributed by atoms with van der Waals surface area (Å²) in [5, 5.41) is 14.6. The maximum atomic E-state index is 12.8. The lowest BCUT2D eigenvalue weighted by atomic mass is 10.1. The van der Waals surface area contributed by atoms with E-state index in [1.54, 1.807) is 24.3 Å². The third kappa shape index (κ3) is 4.35. The number of thioether (sulfide) groups is 1. The van der Waals surface area contributed by atoms with Crippen LogP contribution >= 0.6 is 23.4 Å². The molecule has 142 valence electrons. The SMILES string of the molecule is CSc1ccc([N+](=O)[O-])c(C(=O)Nc2cccc(Cl)c2N2CCOCC2)c1. The normalized spacial score (nSPS) is 14.1. The largest absolute Gasteiger partial charge is 0.378 e. The van der Waals surface area contributed by atoms with Gasteiger partial charge in [-0.05, 0) is 30.5 Å². The Morgan fingerprint density at radius 2 is 2.04 bits per heavy atom. The Bertz CT molecular complexity index is 872. The zero-order valence-corrected chi connectivity index (χ0v) is 16.2. The molecule has 0 atom stereocenters. The summed E-state index contributed by atoms with van der Waals surface area (Å²) in [4.78, 5) is 26.4. The molecule has 1 saturated heterocycles. The first-order valence-corrected chi connectivity index (χ1v) is 9.86. The number of halogens is 1. The monoisotopic (exact) mass is 407 g/mol. The van der Waals surface area contributed by atoms with Crippen LogP contribution in [0.2, 0.25) is 5.02 Å². The minimum atomic E-state index is -0.556. The number of ether oxygens (including phenoxy) is 1. The van der Waals surface area contributed by atoms with E-state index in [0.717, 1.165) is 4.90 Å². The molecule has 0 aromatic heterocycles. The lowest BCUT2D eigenvalue weighted by molar-refractivity contribution is -0.385. The van der Waals surface area contributed by atoms with Crippen molar-refractivity contribution in [1.82, 2.24) is 0 Å². The van der Waals surface area contributed by atoms with Crippen molar-refractivity contribution in [3.8, 4) is 0 Å². The number of morpholine rings is 1. The summed E-state index contributed by atoms with van der Waals surface area (Å²) in [6.07, 6.45) is 1.84. The number of amides is 1. The van der Waals surface area contributed by atoms with Gasteiger partial charge in [0.25, 0.3) is 11.6 Å². The van der Waals surface area contributed by atoms with Crippen LogP contribution in [0.4, 0.5) is 17.1 Å². The molecular formula is C18H18ClN3O4S. The highest BCUT2D eigenvalue weighted by atomic mass is 35.5. The van der Waals surface area contributed by atoms with Crippen molar-refractivity contribution < 1.29 is 14.5 Å². The number of nitro benzene ring substituents is 1. The number of hydrogen-bond donors (Lipinski definition) is 1. The molecular weight excluding hydrogens is 390 g/mol. The zero-order chi connectivity index (χ0) is 19.4. The third-order valence-corrected chi connectivity index (χ3v) is 5.24. The van der Waals surface area contributed by atoms with E-state index in [2.05, 4.69) is 5.32 Å². The Hall–Kier alpha value is -2.29. The van der Waals surface area contributed by atoms with Gasteiger partial charge < -0.3 is 15.0 Å². The van der Waals surface area contributed by atoms with Crippen molar-refractivity contribution >= 4 is 46.3 Å². The van der Waals surface area contributed by atoms with Crippen molar-refractivity contribution in [2.75, 3.05) is 42.8 Å². The lowest BCUT2D eigenvalue weighted by Gasteiger charge is -2.31. The van der Waals surface area contributed by atoms with Crippen LogP contribution in [-0.4, -0.2) is 43.4 Å². The number of nitro groups is 1. The molecule has 1 aliphatic rings. The second-order valence-corrected chi connectivity index (χ2v) is 7.12. The van der Waals surface area contributed by atoms with Gasteiger partial charge in [-0.3, -0.25) is 14.9 Å². The summed E-state index contributed by atoms with van der Waals surface area (Å²) in [5.41, 5.74) is 0.984. The van der Waals surface area contributed by atoms with Crippen molar-refractivity contribution in [2.24, 2.45) is 0 Å². The molecule has 1 heterocycles. The van der Waals surface area contributed by atoms with E-state index < -0.39 is 10.8 Å². The summed E-state index contributed by atoms with van der Waals surface area (Å²) in [7, 11) is 0. The fraction of sp³-hybridized carbons (Fsp3) is 0.278. The van der Waals surface area contributed by atoms with E-state index in [4.69, 9.17) is 16.3 Å². The molecule has 9 heteroatoms. The molecule has 1 amide bonds. The Balaban J connectivity index is 1.95. The lowest BCUT2D eigenvalue weighted by Crippen LogP contribution is -2.37. The maximum Gasteiger partial charge on any atom is 0.282 e. The molecule has 3 rings (SSSR count). The molecule has 7 nitrogen and oxygen atoms in total. The van der Waals surface area contributed by atoms with Crippen LogP contribution in [0, 0.1) is 10.1 Å². The highest BCUT2D eigenvalue weighted by Crippen LogP contribution is 2.35. The number of anilines is 2. The number of para-hydroxylation sites is 1. The summed E-state index contributed by atoms with van der Waals surface area (Å²) >= 11 is 7.79. The van der Waals surface area contributed by atoms with Gasteiger partial charge in [-0.25, -0.2) is 0 Å². The van der Waals surface area contributed by atoms with Crippen molar-refractivity contribution in [3.63, 3.8) is 0 Å². The van der Waals surface area contributed by atoms with Gasteiger partial charge in [-0.2, -0.15) is 0 Å². The molecule has 0 saturated carbocycles. The van der Waals surface area contributed by atoms with Crippen LogP contribution in [0.5, 0.6) is 0 Å². The molecule has 2 aromatic carbocycles. The zero-order valence-electron chi connectivity index (χ0n) is 14.6. The first-order chi connectivity index (χ1) is 13.0. The molecule has 2 aromatic rings. The first kappa shape index (κ1) is 19.5. The van der Waals surface area contributed by atoms with E-state index >= 15 is 0 Å². The van der Waals surface area contributed by atoms with Gasteiger partial charge in [0.2, 0.25) is 0 Å². The second kappa shape index (κ2) is 8.60. The number of hydrogen-bond acceptors (Lipinski definition) is 6. The minimum absolute atomic E-state index is 0.0137. The van der Waals surface area contributed by atoms with Gasteiger partial charge in [0, 0.05) is 24.1 Å². The van der Waals surface area contributed by atoms with E-state index in [9.17, 15) is 14.9 Å². The van der Waals surface area contributed by atoms with Gasteiger partial charge in [-0.1, -0.05) is 17.7 Å². The molecule has 0 radical (unpaired) electrons. The summed E-state index contributed by atoms with van der Waals surface area (Å²) < 4.78 is 5.37. The smallest absolute Gasteiger partial charge is 0.282 e. The van der Waals surface area contributed by atoms with Crippen LogP contribution in [0.25, 0.3) is 0 Å². The Morgan fingerprint density at radius 1 is 1.30 bits per heavy atom. The predicted molar refractivity (Wildman–Crippen MR) is 107 cm³/mol. The Labute approximate surface area is 165 Å². The van der Waals surface area contributed by atoms with Crippen LogP contribution in [0.1, 0.15) is 10.4 Å². The quantitative estimate of drug-likeness (QED) is 0.457. The molecule has 1 fully saturated rings. The Morgan fingerprint density at radius 3 is 2.70 bits per heavy atom. The van der Waals surface area contributed by atoms with Crippen LogP contribution < -0.4 is 10.2 Å². The fourth-order valence-electron chi connectivity index (χ4n) is 2.90. The highest BCUT2D eigenvalue weighted by molar-refractivity contribution is 7.98. The molecule has 0 unspecified atom stereocenters. The van der Waals surface area contributed by atoms with Crippen molar-refractivity contribution in [3.05, 3.63) is 57.1 Å². The molecule has 0 spiro atoms. The van der Waals surface area contributed by atoms with Crippen LogP contribution in [0.15, 0.2) is 41.3 Å². The van der Waals surface area contributed by atoms with Gasteiger partial charge in [0.15, 0.2) is 0 Å². The number of rotatable bonds is 5. The second-order valence-electron chi connectivity index (χ2n) is 5.83. The van der Waals surface area contributed by atoms with Crippen molar-refractivity contribution in [2.45, 2.75) is 4.90 Å². The molecule has 0 aliphatic carbocycles. The molecule has 1 N–H and O–H groups in total. The number of carbonyl (C=O) groups is 1. The standard InChI is InChI=1S/C18H18ClN3O4S/c1-27-12-5-6-16(22(24)25)13(11-12)18(23)20-15-4-2-3-14(19)17(15)21-7-9-26-10-8-21/h2-6,11H,7-10H2,1H3,(H,20,23). The van der Waals surface area contributed by atoms with Gasteiger partial charge >= 0.3 is 0 Å². The van der Waals surface area contributed by atoms with Gasteiger partial charge in [-0.15, -0.1) is 11.8 Å². The number of nitrogens with zero attached hydrogens (tertiary/aromatic N) is 2. The molecule has 0 bridgehead atoms. The number of carbonyl (C=O) groups excluding carboxylic acids is 1. The van der Waals surface area contributed by atoms with Crippen LogP contribution in [-0.2, 0) is 4.74 Å². The highest BCUT2D eigenvalue weighted by Gasteiger charge is 2.24. The minimum Gasteiger partial charge on any atom is -0.378 e. The number of benzene rings is 2. The number of nitrogens with one attached hydrogen (secondary N) is 1. The van der Waals surface area contributed by atoms with Gasteiger partial charge in [0.05, 0.1) is 34.5 Å². The predicted octanol–water partition coefficient (Wildman–Crippen LogP) is 4.06. The average Bonchev–Trinajstić information content (AvgIpc) is 2.68. The summed E-state index contributed by atoms with van der Waals surface area (Å²) in [5.74, 6) is -0.547. The van der Waals surface area contributed by atoms with E-state index in [0.29, 0.717) is 42.7 Å². The van der Waals surface area contributed by atoms with E-state index in [1.807, 2.05) is 11.2 Å². The summed E-state index contributed by atoms with van der Waals surface area (Å²) in [6.45, 7) is 2.43. The fourth-order valence-corrected chi connectivity index (χ4v) is 3.63. The third-order valence-electron chi connectivity index (χ3n) is 4.21. The summed E-state index contributed by atoms with van der Waals surface area (Å²) in [6, 6.07) is 9.71. The topological polar surface area (TPSA) is 84.7 Å². The Kier molecular flexibility index (Phi) is 6.20. The van der Waals surface area contributed by atoms with E-state index in [-0.39, 0.29) is 11.3 Å². The maximum absolute atomic E-state index is 12.8. The van der Waals surface area contributed by atoms with Crippen LogP contribution in [0.3, 0.4) is 0 Å². The van der Waals surface area contributed by atoms with Gasteiger partial charge in [0.1, 0.15) is 5.56 Å². The molecule has 27 heavy (non-hydrogen) atoms.